The number of unbranched alkanes of at least 4 members (excludes halogenated alkanes) is 1. The molecule has 86 valence electrons. The van der Waals surface area contributed by atoms with Crippen molar-refractivity contribution in [1.29, 1.82) is 0 Å². The van der Waals surface area contributed by atoms with Crippen LogP contribution in [0.1, 0.15) is 25.3 Å². The lowest BCUT2D eigenvalue weighted by molar-refractivity contribution is 0.896. The lowest BCUT2D eigenvalue weighted by Crippen LogP contribution is -1.80. The van der Waals surface area contributed by atoms with Crippen LogP contribution in [0.3, 0.4) is 0 Å². The molecular formula is C14H19NS. The molecule has 0 bridgehead atoms. The fraction of sp³-hybridized carbons (Fsp3) is 0.357. The zero-order valence-electron chi connectivity index (χ0n) is 9.86. The van der Waals surface area contributed by atoms with E-state index in [1.165, 1.54) is 29.1 Å². The zero-order chi connectivity index (χ0) is 11.6. The zero-order valence-corrected chi connectivity index (χ0v) is 10.7. The van der Waals surface area contributed by atoms with Gasteiger partial charge in [-0.3, -0.25) is 4.99 Å². The van der Waals surface area contributed by atoms with Crippen LogP contribution in [0.15, 0.2) is 40.2 Å². The van der Waals surface area contributed by atoms with Gasteiger partial charge in [0.05, 0.1) is 6.54 Å². The summed E-state index contributed by atoms with van der Waals surface area (Å²) in [6, 6.07) is 8.61. The number of rotatable bonds is 7. The highest BCUT2D eigenvalue weighted by Crippen LogP contribution is 2.20. The standard InChI is InChI=1S/C14H19NS/c1-3-4-11-16-14-9-5-7-13(12-14)8-6-10-15-2/h5-9,12H,2-4,10-11H2,1H3. The number of aliphatic imine (C=N–C) groups is 1. The molecule has 0 aliphatic carbocycles. The van der Waals surface area contributed by atoms with E-state index in [-0.39, 0.29) is 0 Å². The molecule has 1 aromatic rings. The first-order valence-corrected chi connectivity index (χ1v) is 6.67. The third kappa shape index (κ3) is 5.17. The Labute approximate surface area is 103 Å². The van der Waals surface area contributed by atoms with Gasteiger partial charge >= 0.3 is 0 Å². The molecule has 0 fully saturated rings. The quantitative estimate of drug-likeness (QED) is 0.389. The van der Waals surface area contributed by atoms with Crippen LogP contribution in [0.4, 0.5) is 0 Å². The SMILES string of the molecule is C=NCC=Cc1cccc(SCCCC)c1. The van der Waals surface area contributed by atoms with Gasteiger partial charge in [-0.05, 0) is 36.6 Å². The summed E-state index contributed by atoms with van der Waals surface area (Å²) in [6.07, 6.45) is 6.67. The van der Waals surface area contributed by atoms with Crippen molar-refractivity contribution in [2.24, 2.45) is 4.99 Å². The molecule has 1 rings (SSSR count). The maximum absolute atomic E-state index is 3.79. The minimum absolute atomic E-state index is 0.688. The molecule has 0 heterocycles. The Morgan fingerprint density at radius 1 is 1.44 bits per heavy atom. The fourth-order valence-corrected chi connectivity index (χ4v) is 2.37. The van der Waals surface area contributed by atoms with Gasteiger partial charge in [0, 0.05) is 4.90 Å². The molecular weight excluding hydrogens is 214 g/mol. The monoisotopic (exact) mass is 233 g/mol. The summed E-state index contributed by atoms with van der Waals surface area (Å²) < 4.78 is 0. The second-order valence-corrected chi connectivity index (χ2v) is 4.75. The van der Waals surface area contributed by atoms with Gasteiger partial charge in [-0.2, -0.15) is 0 Å². The molecule has 0 aliphatic rings. The second-order valence-electron chi connectivity index (χ2n) is 3.58. The highest BCUT2D eigenvalue weighted by molar-refractivity contribution is 7.99. The molecule has 0 atom stereocenters. The molecule has 2 heteroatoms. The molecule has 1 nitrogen and oxygen atoms in total. The maximum Gasteiger partial charge on any atom is 0.0566 e. The van der Waals surface area contributed by atoms with Crippen molar-refractivity contribution >= 4 is 24.6 Å². The molecule has 0 saturated carbocycles. The van der Waals surface area contributed by atoms with Crippen LogP contribution >= 0.6 is 11.8 Å². The lowest BCUT2D eigenvalue weighted by atomic mass is 10.2. The minimum atomic E-state index is 0.688. The summed E-state index contributed by atoms with van der Waals surface area (Å²) in [5, 5.41) is 0. The maximum atomic E-state index is 3.79. The predicted molar refractivity (Wildman–Crippen MR) is 75.5 cm³/mol. The molecule has 0 saturated heterocycles. The number of hydrogen-bond acceptors (Lipinski definition) is 2. The Balaban J connectivity index is 2.53. The summed E-state index contributed by atoms with van der Waals surface area (Å²) in [4.78, 5) is 5.14. The van der Waals surface area contributed by atoms with Gasteiger partial charge in [-0.1, -0.05) is 37.6 Å². The van der Waals surface area contributed by atoms with Crippen molar-refractivity contribution in [3.63, 3.8) is 0 Å². The molecule has 16 heavy (non-hydrogen) atoms. The first-order chi connectivity index (χ1) is 7.86. The number of benzene rings is 1. The van der Waals surface area contributed by atoms with E-state index in [2.05, 4.69) is 49.0 Å². The normalized spacial score (nSPS) is 10.8. The van der Waals surface area contributed by atoms with E-state index in [4.69, 9.17) is 0 Å². The highest BCUT2D eigenvalue weighted by atomic mass is 32.2. The second kappa shape index (κ2) is 8.17. The van der Waals surface area contributed by atoms with Crippen molar-refractivity contribution in [2.75, 3.05) is 12.3 Å². The number of hydrogen-bond donors (Lipinski definition) is 0. The van der Waals surface area contributed by atoms with Gasteiger partial charge in [0.15, 0.2) is 0 Å². The number of nitrogens with zero attached hydrogens (tertiary/aromatic N) is 1. The summed E-state index contributed by atoms with van der Waals surface area (Å²) in [5.41, 5.74) is 1.24. The Morgan fingerprint density at radius 3 is 3.06 bits per heavy atom. The molecule has 0 radical (unpaired) electrons. The molecule has 0 spiro atoms. The third-order valence-electron chi connectivity index (χ3n) is 2.17. The third-order valence-corrected chi connectivity index (χ3v) is 3.25. The van der Waals surface area contributed by atoms with Gasteiger partial charge in [0.2, 0.25) is 0 Å². The van der Waals surface area contributed by atoms with E-state index in [0.29, 0.717) is 6.54 Å². The first kappa shape index (κ1) is 13.0. The van der Waals surface area contributed by atoms with Crippen molar-refractivity contribution in [1.82, 2.24) is 0 Å². The van der Waals surface area contributed by atoms with Crippen LogP contribution in [0, 0.1) is 0 Å². The van der Waals surface area contributed by atoms with Crippen molar-refractivity contribution in [3.05, 3.63) is 35.9 Å². The van der Waals surface area contributed by atoms with Crippen LogP contribution < -0.4 is 0 Å². The fourth-order valence-electron chi connectivity index (χ4n) is 1.31. The summed E-state index contributed by atoms with van der Waals surface area (Å²) in [5.74, 6) is 1.21. The Kier molecular flexibility index (Phi) is 6.66. The summed E-state index contributed by atoms with van der Waals surface area (Å²) in [7, 11) is 0. The van der Waals surface area contributed by atoms with Crippen molar-refractivity contribution in [3.8, 4) is 0 Å². The lowest BCUT2D eigenvalue weighted by Gasteiger charge is -2.01. The Bertz CT molecular complexity index is 344. The van der Waals surface area contributed by atoms with E-state index in [1.807, 2.05) is 17.8 Å². The Hall–Kier alpha value is -1.02. The van der Waals surface area contributed by atoms with Gasteiger partial charge in [0.25, 0.3) is 0 Å². The molecule has 0 amide bonds. The van der Waals surface area contributed by atoms with Crippen molar-refractivity contribution in [2.45, 2.75) is 24.7 Å². The van der Waals surface area contributed by atoms with E-state index in [9.17, 15) is 0 Å². The minimum Gasteiger partial charge on any atom is -0.297 e. The average molecular weight is 233 g/mol. The topological polar surface area (TPSA) is 12.4 Å². The predicted octanol–water partition coefficient (Wildman–Crippen LogP) is 4.29. The van der Waals surface area contributed by atoms with Crippen LogP contribution in [0.5, 0.6) is 0 Å². The molecule has 0 aromatic heterocycles. The highest BCUT2D eigenvalue weighted by Gasteiger charge is 1.94. The molecule has 0 unspecified atom stereocenters. The molecule has 1 aromatic carbocycles. The van der Waals surface area contributed by atoms with Crippen LogP contribution in [0.2, 0.25) is 0 Å². The van der Waals surface area contributed by atoms with Crippen LogP contribution in [0.25, 0.3) is 6.08 Å². The van der Waals surface area contributed by atoms with E-state index in [1.54, 1.807) is 0 Å². The first-order valence-electron chi connectivity index (χ1n) is 5.68. The smallest absolute Gasteiger partial charge is 0.0566 e. The number of thioether (sulfide) groups is 1. The Morgan fingerprint density at radius 2 is 2.31 bits per heavy atom. The summed E-state index contributed by atoms with van der Waals surface area (Å²) in [6.45, 7) is 6.37. The summed E-state index contributed by atoms with van der Waals surface area (Å²) >= 11 is 1.93. The van der Waals surface area contributed by atoms with E-state index < -0.39 is 0 Å². The van der Waals surface area contributed by atoms with Crippen LogP contribution in [-0.2, 0) is 0 Å². The largest absolute Gasteiger partial charge is 0.297 e. The van der Waals surface area contributed by atoms with Crippen molar-refractivity contribution < 1.29 is 0 Å². The van der Waals surface area contributed by atoms with Gasteiger partial charge < -0.3 is 0 Å². The van der Waals surface area contributed by atoms with E-state index >= 15 is 0 Å². The van der Waals surface area contributed by atoms with Gasteiger partial charge in [-0.25, -0.2) is 0 Å². The average Bonchev–Trinajstić information content (AvgIpc) is 2.30. The molecule has 0 aliphatic heterocycles. The molecule has 0 N–H and O–H groups in total. The van der Waals surface area contributed by atoms with Gasteiger partial charge in [0.1, 0.15) is 0 Å². The van der Waals surface area contributed by atoms with Crippen LogP contribution in [-0.4, -0.2) is 19.0 Å². The van der Waals surface area contributed by atoms with E-state index in [0.717, 1.165) is 0 Å². The van der Waals surface area contributed by atoms with Gasteiger partial charge in [-0.15, -0.1) is 11.8 Å².